The number of aromatic nitrogens is 4. The molecule has 25 heavy (non-hydrogen) atoms. The zero-order valence-corrected chi connectivity index (χ0v) is 14.0. The fourth-order valence-corrected chi connectivity index (χ4v) is 3.27. The number of aryl methyl sites for hydroxylation is 1. The molecule has 1 aliphatic rings. The molecule has 0 spiro atoms. The lowest BCUT2D eigenvalue weighted by Gasteiger charge is -2.28. The third-order valence-electron chi connectivity index (χ3n) is 4.15. The molecule has 0 bridgehead atoms. The van der Waals surface area contributed by atoms with Crippen molar-refractivity contribution in [1.29, 1.82) is 0 Å². The van der Waals surface area contributed by atoms with Gasteiger partial charge in [0.1, 0.15) is 5.82 Å². The van der Waals surface area contributed by atoms with Crippen LogP contribution in [0.1, 0.15) is 11.4 Å². The van der Waals surface area contributed by atoms with Crippen LogP contribution in [0.4, 0.5) is 19.1 Å². The Bertz CT molecular complexity index is 961. The Kier molecular flexibility index (Phi) is 3.73. The highest BCUT2D eigenvalue weighted by atomic mass is 35.5. The minimum absolute atomic E-state index is 0.199. The van der Waals surface area contributed by atoms with Crippen LogP contribution in [0.5, 0.6) is 0 Å². The molecule has 0 unspecified atom stereocenters. The van der Waals surface area contributed by atoms with Gasteiger partial charge < -0.3 is 10.2 Å². The molecule has 3 heterocycles. The number of piperazine rings is 1. The summed E-state index contributed by atoms with van der Waals surface area (Å²) in [4.78, 5) is 10.8. The molecule has 4 rings (SSSR count). The highest BCUT2D eigenvalue weighted by Gasteiger charge is 2.34. The van der Waals surface area contributed by atoms with E-state index in [2.05, 4.69) is 20.4 Å². The molecule has 0 atom stereocenters. The number of halogens is 4. The van der Waals surface area contributed by atoms with Crippen molar-refractivity contribution in [2.24, 2.45) is 0 Å². The van der Waals surface area contributed by atoms with E-state index in [-0.39, 0.29) is 10.5 Å². The van der Waals surface area contributed by atoms with E-state index < -0.39 is 11.7 Å². The molecular formula is C15H14ClF3N6. The predicted molar refractivity (Wildman–Crippen MR) is 88.1 cm³/mol. The molecule has 1 fully saturated rings. The molecule has 0 radical (unpaired) electrons. The number of hydrogen-bond donors (Lipinski definition) is 1. The first-order chi connectivity index (χ1) is 11.8. The molecule has 0 saturated carbocycles. The molecule has 1 saturated heterocycles. The Balaban J connectivity index is 2.02. The monoisotopic (exact) mass is 370 g/mol. The van der Waals surface area contributed by atoms with Gasteiger partial charge in [-0.05, 0) is 19.1 Å². The topological polar surface area (TPSA) is 58.4 Å². The van der Waals surface area contributed by atoms with Crippen LogP contribution in [0.3, 0.4) is 0 Å². The van der Waals surface area contributed by atoms with E-state index in [1.165, 1.54) is 6.07 Å². The molecule has 1 aliphatic heterocycles. The van der Waals surface area contributed by atoms with Crippen LogP contribution in [0.2, 0.25) is 5.02 Å². The van der Waals surface area contributed by atoms with Gasteiger partial charge in [-0.2, -0.15) is 17.7 Å². The van der Waals surface area contributed by atoms with Crippen LogP contribution in [0.15, 0.2) is 12.1 Å². The summed E-state index contributed by atoms with van der Waals surface area (Å²) in [7, 11) is 0. The van der Waals surface area contributed by atoms with Gasteiger partial charge in [-0.1, -0.05) is 11.6 Å². The SMILES string of the molecule is Cc1nc2c3cc(Cl)c(C(F)(F)F)cc3nc(N3CCNCC3)n2n1. The first kappa shape index (κ1) is 16.3. The number of benzene rings is 1. The van der Waals surface area contributed by atoms with Crippen molar-refractivity contribution >= 4 is 34.1 Å². The second kappa shape index (κ2) is 5.70. The summed E-state index contributed by atoms with van der Waals surface area (Å²) in [5, 5.41) is 7.65. The van der Waals surface area contributed by atoms with Crippen LogP contribution < -0.4 is 10.2 Å². The van der Waals surface area contributed by atoms with Crippen LogP contribution in [-0.4, -0.2) is 45.8 Å². The minimum atomic E-state index is -4.54. The van der Waals surface area contributed by atoms with Crippen molar-refractivity contribution in [3.63, 3.8) is 0 Å². The second-order valence-electron chi connectivity index (χ2n) is 5.89. The lowest BCUT2D eigenvalue weighted by Crippen LogP contribution is -2.44. The third-order valence-corrected chi connectivity index (χ3v) is 4.47. The summed E-state index contributed by atoms with van der Waals surface area (Å²) in [6, 6.07) is 2.24. The normalized spacial score (nSPS) is 16.1. The van der Waals surface area contributed by atoms with Gasteiger partial charge in [-0.25, -0.2) is 9.97 Å². The van der Waals surface area contributed by atoms with Crippen molar-refractivity contribution in [3.8, 4) is 0 Å². The van der Waals surface area contributed by atoms with E-state index in [4.69, 9.17) is 11.6 Å². The number of nitrogens with zero attached hydrogens (tertiary/aromatic N) is 5. The standard InChI is InChI=1S/C15H14ClF3N6/c1-8-21-13-9-6-11(16)10(15(17,18)19)7-12(9)22-14(25(13)23-8)24-4-2-20-3-5-24/h6-7,20H,2-5H2,1H3. The average Bonchev–Trinajstić information content (AvgIpc) is 2.95. The fourth-order valence-electron chi connectivity index (χ4n) is 3.00. The molecule has 6 nitrogen and oxygen atoms in total. The number of alkyl halides is 3. The van der Waals surface area contributed by atoms with E-state index >= 15 is 0 Å². The van der Waals surface area contributed by atoms with Crippen molar-refractivity contribution in [1.82, 2.24) is 24.9 Å². The van der Waals surface area contributed by atoms with Crippen LogP contribution in [-0.2, 0) is 6.18 Å². The fraction of sp³-hybridized carbons (Fsp3) is 0.400. The smallest absolute Gasteiger partial charge is 0.338 e. The van der Waals surface area contributed by atoms with Gasteiger partial charge in [0.2, 0.25) is 5.95 Å². The number of hydrogen-bond acceptors (Lipinski definition) is 5. The summed E-state index contributed by atoms with van der Waals surface area (Å²) in [6.07, 6.45) is -4.54. The van der Waals surface area contributed by atoms with Gasteiger partial charge in [0.15, 0.2) is 5.65 Å². The molecule has 1 aromatic carbocycles. The van der Waals surface area contributed by atoms with E-state index in [1.54, 1.807) is 11.4 Å². The highest BCUT2D eigenvalue weighted by molar-refractivity contribution is 6.32. The summed E-state index contributed by atoms with van der Waals surface area (Å²) in [5.41, 5.74) is -0.252. The molecule has 2 aromatic heterocycles. The zero-order valence-electron chi connectivity index (χ0n) is 13.2. The summed E-state index contributed by atoms with van der Waals surface area (Å²) >= 11 is 5.86. The van der Waals surface area contributed by atoms with E-state index in [9.17, 15) is 13.2 Å². The van der Waals surface area contributed by atoms with E-state index in [1.807, 2.05) is 4.90 Å². The first-order valence-electron chi connectivity index (χ1n) is 7.74. The number of rotatable bonds is 1. The third kappa shape index (κ3) is 2.77. The van der Waals surface area contributed by atoms with Gasteiger partial charge in [-0.15, -0.1) is 5.10 Å². The van der Waals surface area contributed by atoms with E-state index in [0.717, 1.165) is 19.2 Å². The Morgan fingerprint density at radius 2 is 1.88 bits per heavy atom. The summed E-state index contributed by atoms with van der Waals surface area (Å²) in [5.74, 6) is 1.00. The maximum Gasteiger partial charge on any atom is 0.417 e. The molecule has 1 N–H and O–H groups in total. The highest BCUT2D eigenvalue weighted by Crippen LogP contribution is 2.38. The largest absolute Gasteiger partial charge is 0.417 e. The molecule has 3 aromatic rings. The van der Waals surface area contributed by atoms with E-state index in [0.29, 0.717) is 35.9 Å². The van der Waals surface area contributed by atoms with Crippen molar-refractivity contribution in [3.05, 3.63) is 28.5 Å². The van der Waals surface area contributed by atoms with Gasteiger partial charge in [-0.3, -0.25) is 0 Å². The molecular weight excluding hydrogens is 357 g/mol. The number of nitrogens with one attached hydrogen (secondary N) is 1. The van der Waals surface area contributed by atoms with Crippen LogP contribution >= 0.6 is 11.6 Å². The molecule has 0 amide bonds. The lowest BCUT2D eigenvalue weighted by atomic mass is 10.1. The van der Waals surface area contributed by atoms with Crippen molar-refractivity contribution < 1.29 is 13.2 Å². The number of anilines is 1. The van der Waals surface area contributed by atoms with Crippen LogP contribution in [0.25, 0.3) is 16.6 Å². The summed E-state index contributed by atoms with van der Waals surface area (Å²) in [6.45, 7) is 4.64. The second-order valence-corrected chi connectivity index (χ2v) is 6.30. The zero-order chi connectivity index (χ0) is 17.8. The Morgan fingerprint density at radius 3 is 2.56 bits per heavy atom. The van der Waals surface area contributed by atoms with Gasteiger partial charge >= 0.3 is 6.18 Å². The first-order valence-corrected chi connectivity index (χ1v) is 8.12. The maximum atomic E-state index is 13.2. The van der Waals surface area contributed by atoms with Crippen molar-refractivity contribution in [2.45, 2.75) is 13.1 Å². The van der Waals surface area contributed by atoms with Crippen LogP contribution in [0, 0.1) is 6.92 Å². The average molecular weight is 371 g/mol. The quantitative estimate of drug-likeness (QED) is 0.713. The Hall–Kier alpha value is -2.13. The summed E-state index contributed by atoms with van der Waals surface area (Å²) < 4.78 is 41.1. The minimum Gasteiger partial charge on any atom is -0.338 e. The molecule has 132 valence electrons. The lowest BCUT2D eigenvalue weighted by molar-refractivity contribution is -0.137. The van der Waals surface area contributed by atoms with Gasteiger partial charge in [0.25, 0.3) is 0 Å². The molecule has 10 heteroatoms. The Labute approximate surface area is 145 Å². The molecule has 0 aliphatic carbocycles. The predicted octanol–water partition coefficient (Wildman–Crippen LogP) is 2.67. The van der Waals surface area contributed by atoms with Crippen molar-refractivity contribution in [2.75, 3.05) is 31.1 Å². The van der Waals surface area contributed by atoms with Gasteiger partial charge in [0.05, 0.1) is 16.1 Å². The van der Waals surface area contributed by atoms with Gasteiger partial charge in [0, 0.05) is 31.6 Å². The number of fused-ring (bicyclic) bond motifs is 3. The maximum absolute atomic E-state index is 13.2. The Morgan fingerprint density at radius 1 is 1.16 bits per heavy atom.